The van der Waals surface area contributed by atoms with Gasteiger partial charge in [-0.05, 0) is 45.0 Å². The topological polar surface area (TPSA) is 80.0 Å². The van der Waals surface area contributed by atoms with Gasteiger partial charge in [-0.1, -0.05) is 30.3 Å². The van der Waals surface area contributed by atoms with E-state index >= 15 is 0 Å². The van der Waals surface area contributed by atoms with Crippen LogP contribution in [0.5, 0.6) is 5.75 Å². The summed E-state index contributed by atoms with van der Waals surface area (Å²) in [5.74, 6) is -0.518. The first-order chi connectivity index (χ1) is 14.1. The average molecular weight is 393 g/mol. The lowest BCUT2D eigenvalue weighted by Gasteiger charge is -2.18. The molecule has 1 fully saturated rings. The maximum absolute atomic E-state index is 13.5. The van der Waals surface area contributed by atoms with Crippen LogP contribution in [0.3, 0.4) is 0 Å². The molecule has 0 unspecified atom stereocenters. The van der Waals surface area contributed by atoms with E-state index < -0.39 is 11.4 Å². The van der Waals surface area contributed by atoms with Crippen molar-refractivity contribution in [2.75, 3.05) is 19.7 Å². The SMILES string of the molecule is CCOC(=O)c1c(-c2ccccc2)oc2ccc(O)c(CN3CCCC3)c2c1=O. The third-order valence-electron chi connectivity index (χ3n) is 5.24. The molecule has 2 aromatic carbocycles. The maximum atomic E-state index is 13.5. The molecule has 0 amide bonds. The highest BCUT2D eigenvalue weighted by Crippen LogP contribution is 2.32. The number of phenols is 1. The molecule has 0 saturated carbocycles. The second-order valence-electron chi connectivity index (χ2n) is 7.14. The van der Waals surface area contributed by atoms with Gasteiger partial charge in [0.2, 0.25) is 5.43 Å². The van der Waals surface area contributed by atoms with Crippen LogP contribution in [0, 0.1) is 0 Å². The number of aromatic hydroxyl groups is 1. The molecular weight excluding hydrogens is 370 g/mol. The Kier molecular flexibility index (Phi) is 5.36. The molecule has 29 heavy (non-hydrogen) atoms. The number of likely N-dealkylation sites (tertiary alicyclic amines) is 1. The summed E-state index contributed by atoms with van der Waals surface area (Å²) in [7, 11) is 0. The van der Waals surface area contributed by atoms with E-state index in [2.05, 4.69) is 4.90 Å². The Balaban J connectivity index is 1.98. The van der Waals surface area contributed by atoms with E-state index in [1.54, 1.807) is 25.1 Å². The van der Waals surface area contributed by atoms with Crippen LogP contribution in [-0.4, -0.2) is 35.7 Å². The largest absolute Gasteiger partial charge is 0.508 e. The molecule has 0 spiro atoms. The van der Waals surface area contributed by atoms with Crippen LogP contribution in [0.1, 0.15) is 35.7 Å². The zero-order chi connectivity index (χ0) is 20.4. The molecule has 2 heterocycles. The fraction of sp³-hybridized carbons (Fsp3) is 0.304. The predicted molar refractivity (Wildman–Crippen MR) is 110 cm³/mol. The highest BCUT2D eigenvalue weighted by molar-refractivity contribution is 6.00. The molecule has 150 valence electrons. The minimum absolute atomic E-state index is 0.0268. The molecule has 6 heteroatoms. The minimum atomic E-state index is -0.725. The smallest absolute Gasteiger partial charge is 0.346 e. The van der Waals surface area contributed by atoms with Gasteiger partial charge in [0.05, 0.1) is 12.0 Å². The molecule has 1 N–H and O–H groups in total. The van der Waals surface area contributed by atoms with Crippen molar-refractivity contribution in [2.45, 2.75) is 26.3 Å². The Morgan fingerprint density at radius 3 is 2.55 bits per heavy atom. The van der Waals surface area contributed by atoms with Gasteiger partial charge in [0, 0.05) is 17.7 Å². The first kappa shape index (κ1) is 19.2. The Morgan fingerprint density at radius 1 is 1.14 bits per heavy atom. The van der Waals surface area contributed by atoms with Crippen LogP contribution in [0.4, 0.5) is 0 Å². The second kappa shape index (κ2) is 8.09. The van der Waals surface area contributed by atoms with Gasteiger partial charge in [-0.25, -0.2) is 4.79 Å². The fourth-order valence-electron chi connectivity index (χ4n) is 3.84. The van der Waals surface area contributed by atoms with Crippen molar-refractivity contribution >= 4 is 16.9 Å². The fourth-order valence-corrected chi connectivity index (χ4v) is 3.84. The highest BCUT2D eigenvalue weighted by atomic mass is 16.5. The molecule has 6 nitrogen and oxygen atoms in total. The predicted octanol–water partition coefficient (Wildman–Crippen LogP) is 3.94. The average Bonchev–Trinajstić information content (AvgIpc) is 3.24. The first-order valence-electron chi connectivity index (χ1n) is 9.86. The van der Waals surface area contributed by atoms with Gasteiger partial charge in [-0.2, -0.15) is 0 Å². The van der Waals surface area contributed by atoms with Crippen LogP contribution < -0.4 is 5.43 Å². The van der Waals surface area contributed by atoms with Gasteiger partial charge in [-0.3, -0.25) is 9.69 Å². The molecule has 3 aromatic rings. The number of esters is 1. The van der Waals surface area contributed by atoms with E-state index in [0.717, 1.165) is 25.9 Å². The maximum Gasteiger partial charge on any atom is 0.346 e. The first-order valence-corrected chi connectivity index (χ1v) is 9.86. The molecule has 0 radical (unpaired) electrons. The van der Waals surface area contributed by atoms with Crippen molar-refractivity contribution in [1.82, 2.24) is 4.90 Å². The van der Waals surface area contributed by atoms with Crippen LogP contribution >= 0.6 is 0 Å². The summed E-state index contributed by atoms with van der Waals surface area (Å²) < 4.78 is 11.2. The number of hydrogen-bond acceptors (Lipinski definition) is 6. The van der Waals surface area contributed by atoms with E-state index in [0.29, 0.717) is 23.3 Å². The summed E-state index contributed by atoms with van der Waals surface area (Å²) in [5, 5.41) is 10.7. The second-order valence-corrected chi connectivity index (χ2v) is 7.14. The van der Waals surface area contributed by atoms with Crippen LogP contribution in [0.25, 0.3) is 22.3 Å². The van der Waals surface area contributed by atoms with Gasteiger partial charge in [0.15, 0.2) is 11.3 Å². The number of ether oxygens (including phenoxy) is 1. The molecule has 0 aliphatic carbocycles. The molecular formula is C23H23NO5. The number of hydrogen-bond donors (Lipinski definition) is 1. The Morgan fingerprint density at radius 2 is 1.86 bits per heavy atom. The Bertz CT molecular complexity index is 1100. The lowest BCUT2D eigenvalue weighted by Crippen LogP contribution is -2.23. The number of rotatable bonds is 5. The molecule has 1 aliphatic rings. The van der Waals surface area contributed by atoms with Crippen molar-refractivity contribution in [3.8, 4) is 17.1 Å². The summed E-state index contributed by atoms with van der Waals surface area (Å²) in [5.41, 5.74) is 0.827. The van der Waals surface area contributed by atoms with Gasteiger partial charge in [-0.15, -0.1) is 0 Å². The third kappa shape index (κ3) is 3.63. The summed E-state index contributed by atoms with van der Waals surface area (Å²) in [6.45, 7) is 4.08. The summed E-state index contributed by atoms with van der Waals surface area (Å²) in [6.07, 6.45) is 2.18. The molecule has 0 bridgehead atoms. The summed E-state index contributed by atoms with van der Waals surface area (Å²) >= 11 is 0. The molecule has 1 aromatic heterocycles. The number of benzene rings is 2. The zero-order valence-electron chi connectivity index (χ0n) is 16.3. The third-order valence-corrected chi connectivity index (χ3v) is 5.24. The molecule has 0 atom stereocenters. The van der Waals surface area contributed by atoms with Crippen molar-refractivity contribution in [1.29, 1.82) is 0 Å². The Labute approximate surface area is 168 Å². The van der Waals surface area contributed by atoms with E-state index in [1.165, 1.54) is 6.07 Å². The Hall–Kier alpha value is -3.12. The van der Waals surface area contributed by atoms with E-state index in [1.807, 2.05) is 18.2 Å². The number of nitrogens with zero attached hydrogens (tertiary/aromatic N) is 1. The van der Waals surface area contributed by atoms with Crippen molar-refractivity contribution in [3.05, 3.63) is 63.8 Å². The molecule has 1 aliphatic heterocycles. The monoisotopic (exact) mass is 393 g/mol. The number of phenolic OH excluding ortho intramolecular Hbond substituents is 1. The van der Waals surface area contributed by atoms with Crippen LogP contribution in [0.15, 0.2) is 51.7 Å². The molecule has 4 rings (SSSR count). The number of fused-ring (bicyclic) bond motifs is 1. The quantitative estimate of drug-likeness (QED) is 0.662. The number of carbonyl (C=O) groups is 1. The van der Waals surface area contributed by atoms with Crippen LogP contribution in [0.2, 0.25) is 0 Å². The van der Waals surface area contributed by atoms with E-state index in [-0.39, 0.29) is 29.1 Å². The van der Waals surface area contributed by atoms with Crippen molar-refractivity contribution in [2.24, 2.45) is 0 Å². The highest BCUT2D eigenvalue weighted by Gasteiger charge is 2.26. The summed E-state index contributed by atoms with van der Waals surface area (Å²) in [6, 6.07) is 12.1. The normalized spacial score (nSPS) is 14.4. The van der Waals surface area contributed by atoms with Crippen molar-refractivity contribution in [3.63, 3.8) is 0 Å². The lowest BCUT2D eigenvalue weighted by molar-refractivity contribution is 0.0524. The van der Waals surface area contributed by atoms with Gasteiger partial charge in [0.1, 0.15) is 11.3 Å². The van der Waals surface area contributed by atoms with E-state index in [9.17, 15) is 14.7 Å². The van der Waals surface area contributed by atoms with Gasteiger partial charge >= 0.3 is 5.97 Å². The zero-order valence-corrected chi connectivity index (χ0v) is 16.3. The minimum Gasteiger partial charge on any atom is -0.508 e. The standard InChI is InChI=1S/C23H23NO5/c1-2-28-23(27)20-21(26)19-16(14-24-12-6-7-13-24)17(25)10-11-18(19)29-22(20)15-8-4-3-5-9-15/h3-5,8-11,25H,2,6-7,12-14H2,1H3. The van der Waals surface area contributed by atoms with Crippen molar-refractivity contribution < 1.29 is 19.1 Å². The summed E-state index contributed by atoms with van der Waals surface area (Å²) in [4.78, 5) is 28.4. The lowest BCUT2D eigenvalue weighted by atomic mass is 10.0. The van der Waals surface area contributed by atoms with Gasteiger partial charge < -0.3 is 14.3 Å². The van der Waals surface area contributed by atoms with Gasteiger partial charge in [0.25, 0.3) is 0 Å². The van der Waals surface area contributed by atoms with E-state index in [4.69, 9.17) is 9.15 Å². The molecule has 1 saturated heterocycles. The number of carbonyl (C=O) groups excluding carboxylic acids is 1. The van der Waals surface area contributed by atoms with Crippen LogP contribution in [-0.2, 0) is 11.3 Å².